The van der Waals surface area contributed by atoms with Gasteiger partial charge in [-0.25, -0.2) is 0 Å². The van der Waals surface area contributed by atoms with Gasteiger partial charge in [0, 0.05) is 9.26 Å². The van der Waals surface area contributed by atoms with E-state index in [2.05, 4.69) is 90.3 Å². The predicted octanol–water partition coefficient (Wildman–Crippen LogP) is 5.52. The van der Waals surface area contributed by atoms with Crippen molar-refractivity contribution in [2.75, 3.05) is 5.32 Å². The number of halogens is 1. The molecule has 0 aliphatic heterocycles. The first-order chi connectivity index (χ1) is 9.58. The van der Waals surface area contributed by atoms with E-state index in [1.807, 2.05) is 0 Å². The van der Waals surface area contributed by atoms with Gasteiger partial charge in [0.2, 0.25) is 0 Å². The van der Waals surface area contributed by atoms with Crippen LogP contribution in [0.5, 0.6) is 0 Å². The van der Waals surface area contributed by atoms with Crippen LogP contribution < -0.4 is 5.32 Å². The van der Waals surface area contributed by atoms with Gasteiger partial charge in [-0.1, -0.05) is 50.2 Å². The summed E-state index contributed by atoms with van der Waals surface area (Å²) in [5.41, 5.74) is 4.49. The van der Waals surface area contributed by atoms with Crippen molar-refractivity contribution in [3.8, 4) is 0 Å². The third kappa shape index (κ3) is 2.58. The van der Waals surface area contributed by atoms with Crippen molar-refractivity contribution in [3.63, 3.8) is 0 Å². The highest BCUT2D eigenvalue weighted by Gasteiger charge is 2.32. The molecule has 2 heteroatoms. The molecule has 20 heavy (non-hydrogen) atoms. The highest BCUT2D eigenvalue weighted by molar-refractivity contribution is 14.1. The van der Waals surface area contributed by atoms with Crippen LogP contribution in [0, 0.1) is 3.57 Å². The molecule has 0 saturated heterocycles. The molecule has 0 radical (unpaired) electrons. The molecule has 3 rings (SSSR count). The van der Waals surface area contributed by atoms with Gasteiger partial charge in [-0.05, 0) is 64.1 Å². The minimum absolute atomic E-state index is 0.290. The van der Waals surface area contributed by atoms with Gasteiger partial charge >= 0.3 is 0 Å². The number of fused-ring (bicyclic) bond motifs is 1. The lowest BCUT2D eigenvalue weighted by molar-refractivity contribution is 0.406. The van der Waals surface area contributed by atoms with Gasteiger partial charge < -0.3 is 5.32 Å². The van der Waals surface area contributed by atoms with E-state index >= 15 is 0 Å². The zero-order valence-electron chi connectivity index (χ0n) is 12.0. The maximum Gasteiger partial charge on any atom is 0.0517 e. The first kappa shape index (κ1) is 13.9. The molecule has 0 saturated carbocycles. The maximum absolute atomic E-state index is 3.74. The largest absolute Gasteiger partial charge is 0.377 e. The fourth-order valence-electron chi connectivity index (χ4n) is 3.13. The fourth-order valence-corrected chi connectivity index (χ4v) is 3.67. The standard InChI is InChI=1S/C18H20IN/c1-18(2)12-11-16(13-7-3-4-8-14(13)18)20-17-10-6-5-9-15(17)19/h3-10,16,20H,11-12H2,1-2H3. The summed E-state index contributed by atoms with van der Waals surface area (Å²) >= 11 is 2.40. The Morgan fingerprint density at radius 2 is 1.75 bits per heavy atom. The van der Waals surface area contributed by atoms with Crippen LogP contribution in [-0.2, 0) is 5.41 Å². The minimum atomic E-state index is 0.290. The summed E-state index contributed by atoms with van der Waals surface area (Å²) in [4.78, 5) is 0. The molecule has 1 unspecified atom stereocenters. The lowest BCUT2D eigenvalue weighted by Gasteiger charge is -2.37. The molecule has 104 valence electrons. The second-order valence-electron chi connectivity index (χ2n) is 6.19. The van der Waals surface area contributed by atoms with E-state index in [4.69, 9.17) is 0 Å². The smallest absolute Gasteiger partial charge is 0.0517 e. The van der Waals surface area contributed by atoms with Crippen molar-refractivity contribution in [1.82, 2.24) is 0 Å². The van der Waals surface area contributed by atoms with Crippen molar-refractivity contribution in [3.05, 3.63) is 63.2 Å². The van der Waals surface area contributed by atoms with Crippen molar-refractivity contribution >= 4 is 28.3 Å². The Morgan fingerprint density at radius 3 is 2.55 bits per heavy atom. The van der Waals surface area contributed by atoms with Gasteiger partial charge in [-0.15, -0.1) is 0 Å². The Hall–Kier alpha value is -1.03. The molecule has 0 bridgehead atoms. The highest BCUT2D eigenvalue weighted by Crippen LogP contribution is 2.42. The monoisotopic (exact) mass is 377 g/mol. The summed E-state index contributed by atoms with van der Waals surface area (Å²) in [6.45, 7) is 4.71. The Morgan fingerprint density at radius 1 is 1.05 bits per heavy atom. The Kier molecular flexibility index (Phi) is 3.76. The number of hydrogen-bond donors (Lipinski definition) is 1. The van der Waals surface area contributed by atoms with Gasteiger partial charge in [0.25, 0.3) is 0 Å². The van der Waals surface area contributed by atoms with Crippen LogP contribution in [0.2, 0.25) is 0 Å². The minimum Gasteiger partial charge on any atom is -0.377 e. The first-order valence-electron chi connectivity index (χ1n) is 7.18. The summed E-state index contributed by atoms with van der Waals surface area (Å²) in [6, 6.07) is 17.8. The van der Waals surface area contributed by atoms with Crippen LogP contribution in [0.4, 0.5) is 5.69 Å². The number of para-hydroxylation sites is 1. The molecule has 0 spiro atoms. The third-order valence-electron chi connectivity index (χ3n) is 4.33. The molecule has 1 atom stereocenters. The Balaban J connectivity index is 1.95. The summed E-state index contributed by atoms with van der Waals surface area (Å²) < 4.78 is 1.28. The maximum atomic E-state index is 3.74. The molecule has 0 amide bonds. The molecule has 2 aromatic carbocycles. The summed E-state index contributed by atoms with van der Waals surface area (Å²) in [5.74, 6) is 0. The normalized spacial score (nSPS) is 20.2. The van der Waals surface area contributed by atoms with Crippen LogP contribution in [0.1, 0.15) is 43.9 Å². The van der Waals surface area contributed by atoms with Crippen molar-refractivity contribution in [2.24, 2.45) is 0 Å². The quantitative estimate of drug-likeness (QED) is 0.680. The summed E-state index contributed by atoms with van der Waals surface area (Å²) in [6.07, 6.45) is 2.42. The number of rotatable bonds is 2. The van der Waals surface area contributed by atoms with E-state index in [0.29, 0.717) is 11.5 Å². The van der Waals surface area contributed by atoms with Crippen LogP contribution in [0.15, 0.2) is 48.5 Å². The second kappa shape index (κ2) is 5.40. The van der Waals surface area contributed by atoms with Gasteiger partial charge in [0.05, 0.1) is 6.04 Å². The van der Waals surface area contributed by atoms with Crippen molar-refractivity contribution in [1.29, 1.82) is 0 Å². The zero-order valence-corrected chi connectivity index (χ0v) is 14.1. The molecule has 2 aromatic rings. The van der Waals surface area contributed by atoms with Crippen LogP contribution in [0.3, 0.4) is 0 Å². The molecule has 0 aromatic heterocycles. The van der Waals surface area contributed by atoms with E-state index in [-0.39, 0.29) is 0 Å². The predicted molar refractivity (Wildman–Crippen MR) is 94.2 cm³/mol. The average Bonchev–Trinajstić information content (AvgIpc) is 2.44. The van der Waals surface area contributed by atoms with Crippen LogP contribution in [0.25, 0.3) is 0 Å². The van der Waals surface area contributed by atoms with Crippen LogP contribution >= 0.6 is 22.6 Å². The number of hydrogen-bond acceptors (Lipinski definition) is 1. The average molecular weight is 377 g/mol. The molecule has 1 nitrogen and oxygen atoms in total. The van der Waals surface area contributed by atoms with Gasteiger partial charge in [-0.3, -0.25) is 0 Å². The molecule has 0 heterocycles. The third-order valence-corrected chi connectivity index (χ3v) is 5.27. The topological polar surface area (TPSA) is 12.0 Å². The van der Waals surface area contributed by atoms with Gasteiger partial charge in [-0.2, -0.15) is 0 Å². The number of nitrogens with one attached hydrogen (secondary N) is 1. The molecular weight excluding hydrogens is 357 g/mol. The van der Waals surface area contributed by atoms with Gasteiger partial charge in [0.15, 0.2) is 0 Å². The van der Waals surface area contributed by atoms with E-state index in [0.717, 1.165) is 0 Å². The molecule has 0 fully saturated rings. The zero-order chi connectivity index (χ0) is 14.2. The van der Waals surface area contributed by atoms with Gasteiger partial charge in [0.1, 0.15) is 0 Å². The molecule has 1 aliphatic carbocycles. The summed E-state index contributed by atoms with van der Waals surface area (Å²) in [5, 5.41) is 3.74. The highest BCUT2D eigenvalue weighted by atomic mass is 127. The van der Waals surface area contributed by atoms with Crippen LogP contribution in [-0.4, -0.2) is 0 Å². The van der Waals surface area contributed by atoms with E-state index < -0.39 is 0 Å². The fraction of sp³-hybridized carbons (Fsp3) is 0.333. The molecule has 1 aliphatic rings. The Labute approximate surface area is 134 Å². The molecular formula is C18H20IN. The molecule has 1 N–H and O–H groups in total. The SMILES string of the molecule is CC1(C)CCC(Nc2ccccc2I)c2ccccc21. The second-order valence-corrected chi connectivity index (χ2v) is 7.35. The van der Waals surface area contributed by atoms with E-state index in [9.17, 15) is 0 Å². The van der Waals surface area contributed by atoms with E-state index in [1.54, 1.807) is 0 Å². The lowest BCUT2D eigenvalue weighted by Crippen LogP contribution is -2.29. The lowest BCUT2D eigenvalue weighted by atomic mass is 9.71. The number of benzene rings is 2. The van der Waals surface area contributed by atoms with Crippen molar-refractivity contribution in [2.45, 2.75) is 38.1 Å². The summed E-state index contributed by atoms with van der Waals surface area (Å²) in [7, 11) is 0. The Bertz CT molecular complexity index is 618. The first-order valence-corrected chi connectivity index (χ1v) is 8.26. The van der Waals surface area contributed by atoms with E-state index in [1.165, 1.54) is 33.2 Å². The van der Waals surface area contributed by atoms with Crippen molar-refractivity contribution < 1.29 is 0 Å². The number of anilines is 1.